The third-order valence-electron chi connectivity index (χ3n) is 2.20. The Hall–Kier alpha value is -1.62. The van der Waals surface area contributed by atoms with Gasteiger partial charge in [-0.2, -0.15) is 5.10 Å². The predicted molar refractivity (Wildman–Crippen MR) is 58.0 cm³/mol. The van der Waals surface area contributed by atoms with E-state index in [9.17, 15) is 0 Å². The van der Waals surface area contributed by atoms with Crippen molar-refractivity contribution in [1.82, 2.24) is 20.5 Å². The summed E-state index contributed by atoms with van der Waals surface area (Å²) >= 11 is 0. The quantitative estimate of drug-likeness (QED) is 0.728. The van der Waals surface area contributed by atoms with Crippen molar-refractivity contribution in [1.29, 1.82) is 0 Å². The topological polar surface area (TPSA) is 62.8 Å². The molecule has 0 spiro atoms. The maximum absolute atomic E-state index is 5.57. The fourth-order valence-corrected chi connectivity index (χ4v) is 1.44. The number of hydrogen-bond donors (Lipinski definition) is 2. The van der Waals surface area contributed by atoms with Crippen molar-refractivity contribution in [3.05, 3.63) is 18.0 Å². The van der Waals surface area contributed by atoms with Crippen molar-refractivity contribution in [3.8, 4) is 5.88 Å². The van der Waals surface area contributed by atoms with Gasteiger partial charge in [-0.05, 0) is 20.0 Å². The Bertz CT molecular complexity index is 452. The number of nitrogens with zero attached hydrogens (tertiary/aromatic N) is 2. The molecule has 0 aliphatic heterocycles. The van der Waals surface area contributed by atoms with Crippen molar-refractivity contribution < 1.29 is 4.74 Å². The van der Waals surface area contributed by atoms with Crippen molar-refractivity contribution in [2.45, 2.75) is 6.92 Å². The van der Waals surface area contributed by atoms with E-state index in [1.54, 1.807) is 6.20 Å². The first-order chi connectivity index (χ1) is 7.33. The van der Waals surface area contributed by atoms with Crippen LogP contribution in [0.25, 0.3) is 10.9 Å². The summed E-state index contributed by atoms with van der Waals surface area (Å²) in [6.45, 7) is 3.37. The van der Waals surface area contributed by atoms with Gasteiger partial charge < -0.3 is 10.1 Å². The molecule has 0 aliphatic rings. The first-order valence-corrected chi connectivity index (χ1v) is 4.90. The highest BCUT2D eigenvalue weighted by atomic mass is 16.5. The normalized spacial score (nSPS) is 10.8. The molecule has 80 valence electrons. The third-order valence-corrected chi connectivity index (χ3v) is 2.20. The Balaban J connectivity index is 2.29. The van der Waals surface area contributed by atoms with Crippen LogP contribution in [0.2, 0.25) is 0 Å². The van der Waals surface area contributed by atoms with Gasteiger partial charge in [0.25, 0.3) is 0 Å². The van der Waals surface area contributed by atoms with E-state index >= 15 is 0 Å². The summed E-state index contributed by atoms with van der Waals surface area (Å²) in [4.78, 5) is 4.20. The SMILES string of the molecule is CNCCOc1nccc2n[nH]c(C)c12. The van der Waals surface area contributed by atoms with E-state index in [0.29, 0.717) is 12.5 Å². The lowest BCUT2D eigenvalue weighted by atomic mass is 10.2. The predicted octanol–water partition coefficient (Wildman–Crippen LogP) is 0.865. The summed E-state index contributed by atoms with van der Waals surface area (Å²) in [5.74, 6) is 0.647. The van der Waals surface area contributed by atoms with Crippen LogP contribution in [-0.4, -0.2) is 35.4 Å². The molecule has 2 aromatic heterocycles. The zero-order valence-corrected chi connectivity index (χ0v) is 8.87. The molecule has 5 nitrogen and oxygen atoms in total. The highest BCUT2D eigenvalue weighted by Gasteiger charge is 2.08. The molecule has 0 aliphatic carbocycles. The molecule has 2 N–H and O–H groups in total. The molecule has 0 amide bonds. The Labute approximate surface area is 87.9 Å². The molecule has 0 bridgehead atoms. The van der Waals surface area contributed by atoms with Crippen LogP contribution >= 0.6 is 0 Å². The Morgan fingerprint density at radius 1 is 1.53 bits per heavy atom. The van der Waals surface area contributed by atoms with Gasteiger partial charge in [0.1, 0.15) is 6.61 Å². The molecule has 2 aromatic rings. The van der Waals surface area contributed by atoms with Gasteiger partial charge >= 0.3 is 0 Å². The molecule has 2 rings (SSSR count). The molecule has 0 saturated heterocycles. The number of pyridine rings is 1. The van der Waals surface area contributed by atoms with Crippen LogP contribution in [0.5, 0.6) is 5.88 Å². The number of rotatable bonds is 4. The molecule has 15 heavy (non-hydrogen) atoms. The van der Waals surface area contributed by atoms with Crippen molar-refractivity contribution >= 4 is 10.9 Å². The number of hydrogen-bond acceptors (Lipinski definition) is 4. The zero-order chi connectivity index (χ0) is 10.7. The van der Waals surface area contributed by atoms with Gasteiger partial charge in [-0.3, -0.25) is 5.10 Å². The molecule has 0 saturated carbocycles. The monoisotopic (exact) mass is 206 g/mol. The fraction of sp³-hybridized carbons (Fsp3) is 0.400. The number of nitrogens with one attached hydrogen (secondary N) is 2. The Kier molecular flexibility index (Phi) is 2.82. The van der Waals surface area contributed by atoms with Crippen LogP contribution in [0, 0.1) is 6.92 Å². The van der Waals surface area contributed by atoms with Crippen molar-refractivity contribution in [2.24, 2.45) is 0 Å². The minimum Gasteiger partial charge on any atom is -0.476 e. The Morgan fingerprint density at radius 3 is 3.20 bits per heavy atom. The molecular weight excluding hydrogens is 192 g/mol. The molecule has 0 unspecified atom stereocenters. The van der Waals surface area contributed by atoms with E-state index in [1.165, 1.54) is 0 Å². The van der Waals surface area contributed by atoms with Gasteiger partial charge in [0.15, 0.2) is 0 Å². The summed E-state index contributed by atoms with van der Waals surface area (Å²) in [6, 6.07) is 1.86. The summed E-state index contributed by atoms with van der Waals surface area (Å²) in [7, 11) is 1.89. The molecule has 0 fully saturated rings. The lowest BCUT2D eigenvalue weighted by molar-refractivity contribution is 0.310. The fourth-order valence-electron chi connectivity index (χ4n) is 1.44. The largest absolute Gasteiger partial charge is 0.476 e. The van der Waals surface area contributed by atoms with Crippen molar-refractivity contribution in [3.63, 3.8) is 0 Å². The van der Waals surface area contributed by atoms with Gasteiger partial charge in [0.05, 0.1) is 10.9 Å². The number of fused-ring (bicyclic) bond motifs is 1. The van der Waals surface area contributed by atoms with Crippen LogP contribution in [0.4, 0.5) is 0 Å². The number of ether oxygens (including phenoxy) is 1. The number of aromatic nitrogens is 3. The highest BCUT2D eigenvalue weighted by Crippen LogP contribution is 2.23. The van der Waals surface area contributed by atoms with E-state index in [-0.39, 0.29) is 0 Å². The average Bonchev–Trinajstić information content (AvgIpc) is 2.62. The average molecular weight is 206 g/mol. The minimum absolute atomic E-state index is 0.604. The van der Waals surface area contributed by atoms with E-state index in [2.05, 4.69) is 20.5 Å². The second-order valence-electron chi connectivity index (χ2n) is 3.31. The Morgan fingerprint density at radius 2 is 2.40 bits per heavy atom. The molecule has 0 atom stereocenters. The molecule has 2 heterocycles. The number of aryl methyl sites for hydroxylation is 1. The summed E-state index contributed by atoms with van der Waals surface area (Å²) < 4.78 is 5.57. The van der Waals surface area contributed by atoms with E-state index in [4.69, 9.17) is 4.74 Å². The maximum atomic E-state index is 5.57. The minimum atomic E-state index is 0.604. The molecule has 0 radical (unpaired) electrons. The van der Waals surface area contributed by atoms with Crippen LogP contribution in [0.1, 0.15) is 5.69 Å². The zero-order valence-electron chi connectivity index (χ0n) is 8.87. The number of aromatic amines is 1. The highest BCUT2D eigenvalue weighted by molar-refractivity contribution is 5.85. The van der Waals surface area contributed by atoms with Gasteiger partial charge in [0, 0.05) is 18.4 Å². The number of likely N-dealkylation sites (N-methyl/N-ethyl adjacent to an activating group) is 1. The van der Waals surface area contributed by atoms with Crippen molar-refractivity contribution in [2.75, 3.05) is 20.2 Å². The lowest BCUT2D eigenvalue weighted by Crippen LogP contribution is -2.16. The first-order valence-electron chi connectivity index (χ1n) is 4.90. The third kappa shape index (κ3) is 1.92. The lowest BCUT2D eigenvalue weighted by Gasteiger charge is -2.05. The smallest absolute Gasteiger partial charge is 0.224 e. The van der Waals surface area contributed by atoms with E-state index in [0.717, 1.165) is 23.1 Å². The van der Waals surface area contributed by atoms with Gasteiger partial charge in [-0.1, -0.05) is 0 Å². The van der Waals surface area contributed by atoms with Crippen LogP contribution in [0.3, 0.4) is 0 Å². The second kappa shape index (κ2) is 4.27. The maximum Gasteiger partial charge on any atom is 0.224 e. The summed E-state index contributed by atoms with van der Waals surface area (Å²) in [5, 5.41) is 11.1. The van der Waals surface area contributed by atoms with E-state index < -0.39 is 0 Å². The molecular formula is C10H14N4O. The summed E-state index contributed by atoms with van der Waals surface area (Å²) in [6.07, 6.45) is 1.71. The van der Waals surface area contributed by atoms with Gasteiger partial charge in [-0.15, -0.1) is 0 Å². The summed E-state index contributed by atoms with van der Waals surface area (Å²) in [5.41, 5.74) is 1.87. The van der Waals surface area contributed by atoms with E-state index in [1.807, 2.05) is 20.0 Å². The van der Waals surface area contributed by atoms with Crippen LogP contribution < -0.4 is 10.1 Å². The van der Waals surface area contributed by atoms with Gasteiger partial charge in [-0.25, -0.2) is 4.98 Å². The van der Waals surface area contributed by atoms with Crippen LogP contribution in [0.15, 0.2) is 12.3 Å². The molecule has 5 heteroatoms. The van der Waals surface area contributed by atoms with Gasteiger partial charge in [0.2, 0.25) is 5.88 Å². The first kappa shape index (κ1) is 9.92. The van der Waals surface area contributed by atoms with Crippen LogP contribution in [-0.2, 0) is 0 Å². The second-order valence-corrected chi connectivity index (χ2v) is 3.31. The molecule has 0 aromatic carbocycles. The standard InChI is InChI=1S/C10H14N4O/c1-7-9-8(14-13-7)3-4-12-10(9)15-6-5-11-2/h3-4,11H,5-6H2,1-2H3,(H,13,14). The number of H-pyrrole nitrogens is 1.